The Morgan fingerprint density at radius 3 is 2.33 bits per heavy atom. The minimum Gasteiger partial charge on any atom is -0.383 e. The van der Waals surface area contributed by atoms with E-state index in [-0.39, 0.29) is 5.54 Å². The van der Waals surface area contributed by atoms with Crippen LogP contribution in [0.25, 0.3) is 0 Å². The Hall–Kier alpha value is -0.120. The van der Waals surface area contributed by atoms with E-state index in [1.54, 1.807) is 7.11 Å². The number of hydrogen-bond acceptors (Lipinski definition) is 3. The molecule has 0 saturated heterocycles. The average Bonchev–Trinajstić information content (AvgIpc) is 2.05. The van der Waals surface area contributed by atoms with Gasteiger partial charge in [-0.1, -0.05) is 6.92 Å². The van der Waals surface area contributed by atoms with E-state index >= 15 is 0 Å². The van der Waals surface area contributed by atoms with E-state index in [1.165, 1.54) is 0 Å². The van der Waals surface area contributed by atoms with Crippen LogP contribution < -0.4 is 5.73 Å². The molecule has 0 aliphatic heterocycles. The first-order valence-electron chi connectivity index (χ1n) is 4.52. The topological polar surface area (TPSA) is 38.5 Å². The molecule has 0 radical (unpaired) electrons. The normalized spacial score (nSPS) is 12.5. The molecule has 0 spiro atoms. The second-order valence-corrected chi connectivity index (χ2v) is 3.59. The Kier molecular flexibility index (Phi) is 5.46. The van der Waals surface area contributed by atoms with E-state index in [0.29, 0.717) is 6.54 Å². The van der Waals surface area contributed by atoms with Crippen molar-refractivity contribution in [3.63, 3.8) is 0 Å². The van der Waals surface area contributed by atoms with E-state index in [1.807, 2.05) is 0 Å². The highest BCUT2D eigenvalue weighted by Gasteiger charge is 2.22. The van der Waals surface area contributed by atoms with Crippen molar-refractivity contribution >= 4 is 0 Å². The molecule has 0 aromatic heterocycles. The number of nitrogens with zero attached hydrogens (tertiary/aromatic N) is 1. The van der Waals surface area contributed by atoms with Crippen molar-refractivity contribution in [2.75, 3.05) is 33.4 Å². The molecule has 0 fully saturated rings. The Balaban J connectivity index is 3.95. The molecule has 0 atom stereocenters. The third kappa shape index (κ3) is 3.52. The van der Waals surface area contributed by atoms with Gasteiger partial charge in [0.2, 0.25) is 0 Å². The molecule has 0 bridgehead atoms. The summed E-state index contributed by atoms with van der Waals surface area (Å²) in [6.07, 6.45) is 0. The molecular formula is C9H22N2O. The summed E-state index contributed by atoms with van der Waals surface area (Å²) < 4.78 is 5.03. The molecule has 0 heterocycles. The zero-order valence-electron chi connectivity index (χ0n) is 8.76. The molecule has 0 saturated carbocycles. The van der Waals surface area contributed by atoms with Crippen LogP contribution in [0.2, 0.25) is 0 Å². The molecule has 3 heteroatoms. The van der Waals surface area contributed by atoms with Gasteiger partial charge in [0.05, 0.1) is 6.61 Å². The van der Waals surface area contributed by atoms with Crippen LogP contribution in [0.3, 0.4) is 0 Å². The minimum atomic E-state index is 0.0906. The number of likely N-dealkylation sites (N-methyl/N-ethyl adjacent to an activating group) is 1. The van der Waals surface area contributed by atoms with E-state index in [9.17, 15) is 0 Å². The van der Waals surface area contributed by atoms with Gasteiger partial charge >= 0.3 is 0 Å². The van der Waals surface area contributed by atoms with Crippen molar-refractivity contribution < 1.29 is 4.74 Å². The van der Waals surface area contributed by atoms with Gasteiger partial charge in [0, 0.05) is 25.7 Å². The number of hydrogen-bond donors (Lipinski definition) is 1. The quantitative estimate of drug-likeness (QED) is 0.644. The second kappa shape index (κ2) is 5.51. The third-order valence-corrected chi connectivity index (χ3v) is 2.30. The summed E-state index contributed by atoms with van der Waals surface area (Å²) in [5.41, 5.74) is 5.76. The number of nitrogens with two attached hydrogens (primary N) is 1. The lowest BCUT2D eigenvalue weighted by Crippen LogP contribution is -2.50. The monoisotopic (exact) mass is 174 g/mol. The predicted molar refractivity (Wildman–Crippen MR) is 52.3 cm³/mol. The van der Waals surface area contributed by atoms with Crippen molar-refractivity contribution in [1.82, 2.24) is 4.90 Å². The summed E-state index contributed by atoms with van der Waals surface area (Å²) in [6.45, 7) is 9.90. The molecule has 12 heavy (non-hydrogen) atoms. The van der Waals surface area contributed by atoms with Gasteiger partial charge in [-0.15, -0.1) is 0 Å². The summed E-state index contributed by atoms with van der Waals surface area (Å²) in [5.74, 6) is 0. The van der Waals surface area contributed by atoms with Crippen molar-refractivity contribution in [3.05, 3.63) is 0 Å². The van der Waals surface area contributed by atoms with E-state index < -0.39 is 0 Å². The maximum Gasteiger partial charge on any atom is 0.0589 e. The fourth-order valence-electron chi connectivity index (χ4n) is 1.22. The summed E-state index contributed by atoms with van der Waals surface area (Å²) >= 11 is 0. The van der Waals surface area contributed by atoms with E-state index in [0.717, 1.165) is 19.7 Å². The fourth-order valence-corrected chi connectivity index (χ4v) is 1.22. The summed E-state index contributed by atoms with van der Waals surface area (Å²) in [6, 6.07) is 0. The standard InChI is InChI=1S/C9H22N2O/c1-5-11(6-7-12-4)9(2,3)8-10/h5-8,10H2,1-4H3. The lowest BCUT2D eigenvalue weighted by Gasteiger charge is -2.36. The third-order valence-electron chi connectivity index (χ3n) is 2.30. The maximum absolute atomic E-state index is 5.67. The lowest BCUT2D eigenvalue weighted by atomic mass is 10.0. The molecule has 3 nitrogen and oxygen atoms in total. The lowest BCUT2D eigenvalue weighted by molar-refractivity contribution is 0.0864. The number of rotatable bonds is 6. The van der Waals surface area contributed by atoms with Gasteiger partial charge in [0.15, 0.2) is 0 Å². The zero-order chi connectivity index (χ0) is 9.61. The van der Waals surface area contributed by atoms with Crippen LogP contribution in [0.5, 0.6) is 0 Å². The fraction of sp³-hybridized carbons (Fsp3) is 1.00. The van der Waals surface area contributed by atoms with Crippen molar-refractivity contribution in [2.24, 2.45) is 5.73 Å². The Morgan fingerprint density at radius 1 is 1.42 bits per heavy atom. The van der Waals surface area contributed by atoms with Crippen LogP contribution in [0.15, 0.2) is 0 Å². The summed E-state index contributed by atoms with van der Waals surface area (Å²) in [4.78, 5) is 2.33. The maximum atomic E-state index is 5.67. The molecule has 0 rings (SSSR count). The van der Waals surface area contributed by atoms with Gasteiger partial charge in [-0.25, -0.2) is 0 Å². The molecule has 0 aromatic rings. The molecule has 0 unspecified atom stereocenters. The highest BCUT2D eigenvalue weighted by Crippen LogP contribution is 2.11. The first-order chi connectivity index (χ1) is 5.58. The van der Waals surface area contributed by atoms with Crippen LogP contribution in [-0.2, 0) is 4.74 Å². The van der Waals surface area contributed by atoms with Crippen LogP contribution >= 0.6 is 0 Å². The average molecular weight is 174 g/mol. The molecule has 0 amide bonds. The smallest absolute Gasteiger partial charge is 0.0589 e. The molecule has 0 aliphatic carbocycles. The van der Waals surface area contributed by atoms with Crippen molar-refractivity contribution in [2.45, 2.75) is 26.3 Å². The SMILES string of the molecule is CCN(CCOC)C(C)(C)CN. The molecule has 0 aromatic carbocycles. The van der Waals surface area contributed by atoms with Crippen molar-refractivity contribution in [3.8, 4) is 0 Å². The predicted octanol–water partition coefficient (Wildman–Crippen LogP) is 0.692. The summed E-state index contributed by atoms with van der Waals surface area (Å²) in [7, 11) is 1.73. The molecule has 2 N–H and O–H groups in total. The zero-order valence-corrected chi connectivity index (χ0v) is 8.76. The minimum absolute atomic E-state index is 0.0906. The highest BCUT2D eigenvalue weighted by molar-refractivity contribution is 4.81. The van der Waals surface area contributed by atoms with Crippen LogP contribution in [0.1, 0.15) is 20.8 Å². The highest BCUT2D eigenvalue weighted by atomic mass is 16.5. The second-order valence-electron chi connectivity index (χ2n) is 3.59. The Labute approximate surface area is 75.9 Å². The van der Waals surface area contributed by atoms with Crippen LogP contribution in [-0.4, -0.2) is 43.8 Å². The van der Waals surface area contributed by atoms with Gasteiger partial charge in [-0.2, -0.15) is 0 Å². The first-order valence-corrected chi connectivity index (χ1v) is 4.52. The number of methoxy groups -OCH3 is 1. The van der Waals surface area contributed by atoms with E-state index in [2.05, 4.69) is 25.7 Å². The Bertz CT molecular complexity index is 115. The van der Waals surface area contributed by atoms with Crippen LogP contribution in [0, 0.1) is 0 Å². The van der Waals surface area contributed by atoms with Gasteiger partial charge < -0.3 is 10.5 Å². The Morgan fingerprint density at radius 2 is 2.00 bits per heavy atom. The van der Waals surface area contributed by atoms with Gasteiger partial charge in [0.1, 0.15) is 0 Å². The summed E-state index contributed by atoms with van der Waals surface area (Å²) in [5, 5.41) is 0. The van der Waals surface area contributed by atoms with Gasteiger partial charge in [-0.05, 0) is 20.4 Å². The number of ether oxygens (including phenoxy) is 1. The molecular weight excluding hydrogens is 152 g/mol. The first kappa shape index (κ1) is 11.9. The van der Waals surface area contributed by atoms with E-state index in [4.69, 9.17) is 10.5 Å². The van der Waals surface area contributed by atoms with Crippen LogP contribution in [0.4, 0.5) is 0 Å². The van der Waals surface area contributed by atoms with Crippen molar-refractivity contribution in [1.29, 1.82) is 0 Å². The van der Waals surface area contributed by atoms with Gasteiger partial charge in [-0.3, -0.25) is 4.90 Å². The largest absolute Gasteiger partial charge is 0.383 e. The molecule has 74 valence electrons. The van der Waals surface area contributed by atoms with Gasteiger partial charge in [0.25, 0.3) is 0 Å². The molecule has 0 aliphatic rings.